The summed E-state index contributed by atoms with van der Waals surface area (Å²) in [7, 11) is 0. The van der Waals surface area contributed by atoms with Crippen molar-refractivity contribution in [3.05, 3.63) is 66.2 Å². The summed E-state index contributed by atoms with van der Waals surface area (Å²) in [4.78, 5) is 27.6. The molecule has 0 bridgehead atoms. The van der Waals surface area contributed by atoms with E-state index in [0.717, 1.165) is 54.6 Å². The molecule has 176 valence electrons. The van der Waals surface area contributed by atoms with E-state index in [1.165, 1.54) is 17.3 Å². The predicted octanol–water partition coefficient (Wildman–Crippen LogP) is 6.08. The normalized spacial score (nSPS) is 14.8. The van der Waals surface area contributed by atoms with Crippen LogP contribution in [0.5, 0.6) is 0 Å². The van der Waals surface area contributed by atoms with Crippen LogP contribution in [0.4, 0.5) is 5.69 Å². The highest BCUT2D eigenvalue weighted by Crippen LogP contribution is 2.44. The number of carbonyl (C=O) groups excluding carboxylic acids is 1. The Morgan fingerprint density at radius 2 is 2.00 bits per heavy atom. The van der Waals surface area contributed by atoms with E-state index in [1.54, 1.807) is 23.9 Å². The van der Waals surface area contributed by atoms with E-state index in [2.05, 4.69) is 29.1 Å². The van der Waals surface area contributed by atoms with Crippen molar-refractivity contribution in [1.82, 2.24) is 15.0 Å². The van der Waals surface area contributed by atoms with Crippen LogP contribution in [-0.2, 0) is 22.6 Å². The highest BCUT2D eigenvalue weighted by molar-refractivity contribution is 8.00. The van der Waals surface area contributed by atoms with Gasteiger partial charge >= 0.3 is 0 Å². The highest BCUT2D eigenvalue weighted by atomic mass is 32.2. The molecule has 1 N–H and O–H groups in total. The zero-order chi connectivity index (χ0) is 24.0. The van der Waals surface area contributed by atoms with Crippen LogP contribution >= 0.6 is 23.1 Å². The van der Waals surface area contributed by atoms with E-state index in [1.807, 2.05) is 42.5 Å². The molecule has 9 heteroatoms. The lowest BCUT2D eigenvalue weighted by molar-refractivity contribution is -0.113. The molecule has 1 aliphatic rings. The Morgan fingerprint density at radius 1 is 1.14 bits per heavy atom. The van der Waals surface area contributed by atoms with Gasteiger partial charge in [0.1, 0.15) is 21.9 Å². The van der Waals surface area contributed by atoms with E-state index in [-0.39, 0.29) is 17.3 Å². The Balaban J connectivity index is 1.41. The second kappa shape index (κ2) is 8.75. The van der Waals surface area contributed by atoms with E-state index in [0.29, 0.717) is 6.61 Å². The van der Waals surface area contributed by atoms with Crippen LogP contribution in [0.25, 0.3) is 31.9 Å². The number of carbonyl (C=O) groups is 1. The van der Waals surface area contributed by atoms with Gasteiger partial charge in [0.05, 0.1) is 34.4 Å². The minimum absolute atomic E-state index is 0.0800. The monoisotopic (exact) mass is 502 g/mol. The molecule has 1 amide bonds. The van der Waals surface area contributed by atoms with Crippen LogP contribution in [0.15, 0.2) is 64.5 Å². The van der Waals surface area contributed by atoms with Gasteiger partial charge in [-0.15, -0.1) is 11.3 Å². The largest absolute Gasteiger partial charge is 0.463 e. The first-order valence-corrected chi connectivity index (χ1v) is 13.0. The fourth-order valence-corrected chi connectivity index (χ4v) is 6.39. The Kier molecular flexibility index (Phi) is 5.55. The van der Waals surface area contributed by atoms with Crippen molar-refractivity contribution in [2.75, 3.05) is 11.1 Å². The van der Waals surface area contributed by atoms with Crippen molar-refractivity contribution < 1.29 is 13.9 Å². The number of hydrogen-bond acceptors (Lipinski definition) is 8. The van der Waals surface area contributed by atoms with Crippen molar-refractivity contribution in [3.8, 4) is 11.5 Å². The summed E-state index contributed by atoms with van der Waals surface area (Å²) < 4.78 is 12.8. The van der Waals surface area contributed by atoms with Crippen molar-refractivity contribution in [2.24, 2.45) is 0 Å². The lowest BCUT2D eigenvalue weighted by atomic mass is 9.89. The molecule has 0 aliphatic carbocycles. The van der Waals surface area contributed by atoms with Gasteiger partial charge < -0.3 is 14.5 Å². The van der Waals surface area contributed by atoms with Gasteiger partial charge in [0, 0.05) is 23.1 Å². The number of ether oxygens (including phenoxy) is 1. The SMILES string of the molecule is CC1(C)Cc2c(c(-c3ccco3)nc3sc4c(SCC(=O)Nc5ccccc5)ncnc4c23)CO1. The van der Waals surface area contributed by atoms with Gasteiger partial charge in [-0.05, 0) is 43.7 Å². The van der Waals surface area contributed by atoms with Gasteiger partial charge in [0.2, 0.25) is 5.91 Å². The smallest absolute Gasteiger partial charge is 0.234 e. The first-order valence-electron chi connectivity index (χ1n) is 11.2. The number of hydrogen-bond donors (Lipinski definition) is 1. The van der Waals surface area contributed by atoms with Crippen LogP contribution in [0.2, 0.25) is 0 Å². The number of para-hydroxylation sites is 1. The second-order valence-electron chi connectivity index (χ2n) is 8.96. The van der Waals surface area contributed by atoms with Crippen LogP contribution in [-0.4, -0.2) is 32.2 Å². The molecule has 6 rings (SSSR count). The third kappa shape index (κ3) is 4.20. The third-order valence-electron chi connectivity index (χ3n) is 5.95. The minimum atomic E-state index is -0.296. The molecular formula is C26H22N4O3S2. The fraction of sp³-hybridized carbons (Fsp3) is 0.231. The number of thioether (sulfide) groups is 1. The summed E-state index contributed by atoms with van der Waals surface area (Å²) in [6.07, 6.45) is 3.98. The number of aromatic nitrogens is 3. The molecule has 5 heterocycles. The molecule has 35 heavy (non-hydrogen) atoms. The van der Waals surface area contributed by atoms with Crippen LogP contribution in [0, 0.1) is 0 Å². The maximum atomic E-state index is 12.5. The van der Waals surface area contributed by atoms with E-state index >= 15 is 0 Å². The molecule has 0 radical (unpaired) electrons. The zero-order valence-corrected chi connectivity index (χ0v) is 20.8. The van der Waals surface area contributed by atoms with Crippen molar-refractivity contribution >= 4 is 55.1 Å². The topological polar surface area (TPSA) is 90.1 Å². The lowest BCUT2D eigenvalue weighted by Gasteiger charge is -2.32. The molecule has 0 atom stereocenters. The van der Waals surface area contributed by atoms with Gasteiger partial charge in [-0.3, -0.25) is 4.79 Å². The second-order valence-corrected chi connectivity index (χ2v) is 10.9. The summed E-state index contributed by atoms with van der Waals surface area (Å²) in [6.45, 7) is 4.67. The summed E-state index contributed by atoms with van der Waals surface area (Å²) in [5, 5.41) is 4.75. The molecule has 0 spiro atoms. The molecule has 0 saturated heterocycles. The fourth-order valence-electron chi connectivity index (χ4n) is 4.36. The number of benzene rings is 1. The molecule has 0 unspecified atom stereocenters. The van der Waals surface area contributed by atoms with Crippen LogP contribution in [0.1, 0.15) is 25.0 Å². The molecule has 1 aromatic carbocycles. The number of fused-ring (bicyclic) bond motifs is 5. The molecule has 1 aliphatic heterocycles. The number of amides is 1. The van der Waals surface area contributed by atoms with E-state index < -0.39 is 0 Å². The van der Waals surface area contributed by atoms with E-state index in [4.69, 9.17) is 14.1 Å². The summed E-state index contributed by atoms with van der Waals surface area (Å²) >= 11 is 2.97. The van der Waals surface area contributed by atoms with E-state index in [9.17, 15) is 4.79 Å². The van der Waals surface area contributed by atoms with Crippen LogP contribution < -0.4 is 5.32 Å². The molecule has 0 fully saturated rings. The molecule has 0 saturated carbocycles. The Labute approximate surface area is 209 Å². The van der Waals surface area contributed by atoms with Crippen molar-refractivity contribution in [2.45, 2.75) is 37.5 Å². The zero-order valence-electron chi connectivity index (χ0n) is 19.2. The lowest BCUT2D eigenvalue weighted by Crippen LogP contribution is -2.32. The number of furan rings is 1. The maximum Gasteiger partial charge on any atom is 0.234 e. The summed E-state index contributed by atoms with van der Waals surface area (Å²) in [5.41, 5.74) is 4.40. The Morgan fingerprint density at radius 3 is 2.80 bits per heavy atom. The number of thiophene rings is 1. The average molecular weight is 503 g/mol. The first-order chi connectivity index (χ1) is 17.0. The van der Waals surface area contributed by atoms with Gasteiger partial charge in [-0.2, -0.15) is 0 Å². The van der Waals surface area contributed by atoms with Crippen LogP contribution in [0.3, 0.4) is 0 Å². The van der Waals surface area contributed by atoms with Crippen molar-refractivity contribution in [1.29, 1.82) is 0 Å². The minimum Gasteiger partial charge on any atom is -0.463 e. The van der Waals surface area contributed by atoms with Gasteiger partial charge in [0.25, 0.3) is 0 Å². The predicted molar refractivity (Wildman–Crippen MR) is 139 cm³/mol. The highest BCUT2D eigenvalue weighted by Gasteiger charge is 2.32. The number of rotatable bonds is 5. The Bertz CT molecular complexity index is 1550. The number of pyridine rings is 1. The number of nitrogens with zero attached hydrogens (tertiary/aromatic N) is 3. The van der Waals surface area contributed by atoms with Gasteiger partial charge in [-0.25, -0.2) is 15.0 Å². The molecule has 4 aromatic heterocycles. The third-order valence-corrected chi connectivity index (χ3v) is 8.15. The first kappa shape index (κ1) is 22.2. The average Bonchev–Trinajstić information content (AvgIpc) is 3.50. The van der Waals surface area contributed by atoms with Gasteiger partial charge in [0.15, 0.2) is 5.76 Å². The molecule has 7 nitrogen and oxygen atoms in total. The number of anilines is 1. The summed E-state index contributed by atoms with van der Waals surface area (Å²) in [5.74, 6) is 0.894. The quantitative estimate of drug-likeness (QED) is 0.230. The molecule has 5 aromatic rings. The summed E-state index contributed by atoms with van der Waals surface area (Å²) in [6, 6.07) is 13.2. The maximum absolute atomic E-state index is 12.5. The molecular weight excluding hydrogens is 480 g/mol. The standard InChI is InChI=1S/C26H22N4O3S2/c1-26(2)11-16-17(12-33-26)21(18-9-6-10-32-18)30-24-20(16)22-23(35-24)25(28-14-27-22)34-13-19(31)29-15-7-4-3-5-8-15/h3-10,14H,11-13H2,1-2H3,(H,29,31). The van der Waals surface area contributed by atoms with Gasteiger partial charge in [-0.1, -0.05) is 30.0 Å². The Hall–Kier alpha value is -3.27. The van der Waals surface area contributed by atoms with Crippen molar-refractivity contribution in [3.63, 3.8) is 0 Å². The number of nitrogens with one attached hydrogen (secondary N) is 1.